The van der Waals surface area contributed by atoms with Crippen LogP contribution in [-0.4, -0.2) is 11.0 Å². The zero-order chi connectivity index (χ0) is 15.7. The molecule has 0 aliphatic carbocycles. The minimum absolute atomic E-state index is 0.216. The fourth-order valence-corrected chi connectivity index (χ4v) is 2.19. The lowest BCUT2D eigenvalue weighted by molar-refractivity contribution is 0.102. The molecule has 1 aromatic heterocycles. The normalized spacial score (nSPS) is 10.6. The maximum Gasteiger partial charge on any atom is 0.353 e. The Hall–Kier alpha value is -2.79. The number of amides is 1. The Labute approximate surface area is 129 Å². The van der Waals surface area contributed by atoms with Crippen LogP contribution in [0.15, 0.2) is 57.7 Å². The molecule has 0 aliphatic heterocycles. The van der Waals surface area contributed by atoms with Crippen molar-refractivity contribution in [3.8, 4) is 5.75 Å². The number of carbonyl (C=O) groups excluding carboxylic acids is 1. The maximum atomic E-state index is 12.2. The lowest BCUT2D eigenvalue weighted by Gasteiger charge is -2.07. The van der Waals surface area contributed by atoms with Crippen molar-refractivity contribution in [2.45, 2.75) is 0 Å². The van der Waals surface area contributed by atoms with Gasteiger partial charge in [-0.1, -0.05) is 23.7 Å². The highest BCUT2D eigenvalue weighted by Crippen LogP contribution is 2.26. The molecular weight excluding hydrogens is 306 g/mol. The van der Waals surface area contributed by atoms with Crippen LogP contribution in [0.2, 0.25) is 5.02 Å². The number of hydrogen-bond acceptors (Lipinski definition) is 4. The summed E-state index contributed by atoms with van der Waals surface area (Å²) in [5.41, 5.74) is -0.675. The van der Waals surface area contributed by atoms with Gasteiger partial charge in [-0.2, -0.15) is 0 Å². The van der Waals surface area contributed by atoms with Crippen LogP contribution < -0.4 is 10.9 Å². The van der Waals surface area contributed by atoms with Crippen LogP contribution in [0, 0.1) is 0 Å². The summed E-state index contributed by atoms with van der Waals surface area (Å²) in [7, 11) is 0. The van der Waals surface area contributed by atoms with Gasteiger partial charge in [-0.3, -0.25) is 4.79 Å². The summed E-state index contributed by atoms with van der Waals surface area (Å²) in [5, 5.41) is 13.5. The predicted octanol–water partition coefficient (Wildman–Crippen LogP) is 3.40. The third kappa shape index (κ3) is 2.54. The molecule has 0 saturated carbocycles. The minimum Gasteiger partial charge on any atom is -0.506 e. The molecule has 2 N–H and O–H groups in total. The topological polar surface area (TPSA) is 79.5 Å². The Balaban J connectivity index is 2.04. The average Bonchev–Trinajstić information content (AvgIpc) is 2.49. The third-order valence-corrected chi connectivity index (χ3v) is 3.37. The highest BCUT2D eigenvalue weighted by molar-refractivity contribution is 6.30. The minimum atomic E-state index is -0.900. The van der Waals surface area contributed by atoms with Gasteiger partial charge in [-0.15, -0.1) is 0 Å². The number of para-hydroxylation sites is 1. The highest BCUT2D eigenvalue weighted by atomic mass is 35.5. The molecule has 0 saturated heterocycles. The van der Waals surface area contributed by atoms with E-state index >= 15 is 0 Å². The van der Waals surface area contributed by atoms with Gasteiger partial charge < -0.3 is 14.8 Å². The van der Waals surface area contributed by atoms with E-state index in [0.717, 1.165) is 0 Å². The summed E-state index contributed by atoms with van der Waals surface area (Å²) in [6.07, 6.45) is 0. The van der Waals surface area contributed by atoms with Gasteiger partial charge in [0.2, 0.25) is 0 Å². The second kappa shape index (κ2) is 5.54. The molecule has 3 aromatic rings. The SMILES string of the molecule is O=C(Nc1ccc(Cl)cc1)c1c(O)c2ccccc2oc1=O. The molecule has 0 aliphatic rings. The molecule has 0 radical (unpaired) electrons. The van der Waals surface area contributed by atoms with E-state index in [2.05, 4.69) is 5.32 Å². The number of rotatable bonds is 2. The van der Waals surface area contributed by atoms with E-state index in [1.807, 2.05) is 0 Å². The van der Waals surface area contributed by atoms with Crippen LogP contribution in [0.1, 0.15) is 10.4 Å². The molecule has 1 heterocycles. The lowest BCUT2D eigenvalue weighted by Crippen LogP contribution is -2.21. The molecule has 22 heavy (non-hydrogen) atoms. The predicted molar refractivity (Wildman–Crippen MR) is 83.6 cm³/mol. The van der Waals surface area contributed by atoms with Crippen LogP contribution in [0.4, 0.5) is 5.69 Å². The van der Waals surface area contributed by atoms with Crippen LogP contribution >= 0.6 is 11.6 Å². The highest BCUT2D eigenvalue weighted by Gasteiger charge is 2.20. The number of fused-ring (bicyclic) bond motifs is 1. The second-order valence-electron chi connectivity index (χ2n) is 4.57. The van der Waals surface area contributed by atoms with Crippen LogP contribution in [0.3, 0.4) is 0 Å². The Morgan fingerprint density at radius 1 is 1.09 bits per heavy atom. The molecule has 5 nitrogen and oxygen atoms in total. The van der Waals surface area contributed by atoms with E-state index in [1.54, 1.807) is 42.5 Å². The van der Waals surface area contributed by atoms with Crippen LogP contribution in [0.25, 0.3) is 11.0 Å². The first kappa shape index (κ1) is 14.2. The average molecular weight is 316 g/mol. The van der Waals surface area contributed by atoms with Gasteiger partial charge in [0, 0.05) is 10.7 Å². The van der Waals surface area contributed by atoms with Crippen LogP contribution in [-0.2, 0) is 0 Å². The van der Waals surface area contributed by atoms with Gasteiger partial charge in [0.25, 0.3) is 5.91 Å². The molecule has 0 atom stereocenters. The fraction of sp³-hybridized carbons (Fsp3) is 0. The van der Waals surface area contributed by atoms with Crippen molar-refractivity contribution in [1.82, 2.24) is 0 Å². The summed E-state index contributed by atoms with van der Waals surface area (Å²) < 4.78 is 5.05. The molecule has 2 aromatic carbocycles. The molecule has 0 fully saturated rings. The van der Waals surface area contributed by atoms with Crippen molar-refractivity contribution >= 4 is 34.2 Å². The zero-order valence-electron chi connectivity index (χ0n) is 11.2. The Kier molecular flexibility index (Phi) is 3.56. The smallest absolute Gasteiger partial charge is 0.353 e. The Morgan fingerprint density at radius 2 is 1.77 bits per heavy atom. The first-order valence-electron chi connectivity index (χ1n) is 6.38. The molecule has 0 bridgehead atoms. The van der Waals surface area contributed by atoms with Gasteiger partial charge in [0.15, 0.2) is 5.56 Å². The molecule has 0 spiro atoms. The van der Waals surface area contributed by atoms with Crippen molar-refractivity contribution < 1.29 is 14.3 Å². The first-order chi connectivity index (χ1) is 10.6. The van der Waals surface area contributed by atoms with Gasteiger partial charge in [-0.05, 0) is 36.4 Å². The summed E-state index contributed by atoms with van der Waals surface area (Å²) >= 11 is 5.76. The molecule has 3 rings (SSSR count). The maximum absolute atomic E-state index is 12.2. The van der Waals surface area contributed by atoms with E-state index < -0.39 is 22.8 Å². The summed E-state index contributed by atoms with van der Waals surface area (Å²) in [6, 6.07) is 12.8. The summed E-state index contributed by atoms with van der Waals surface area (Å²) in [6.45, 7) is 0. The quantitative estimate of drug-likeness (QED) is 0.710. The monoisotopic (exact) mass is 315 g/mol. The van der Waals surface area contributed by atoms with Gasteiger partial charge in [-0.25, -0.2) is 4.79 Å². The molecule has 1 amide bonds. The third-order valence-electron chi connectivity index (χ3n) is 3.11. The number of benzene rings is 2. The van der Waals surface area contributed by atoms with Crippen molar-refractivity contribution in [1.29, 1.82) is 0 Å². The summed E-state index contributed by atoms with van der Waals surface area (Å²) in [5.74, 6) is -1.15. The van der Waals surface area contributed by atoms with Gasteiger partial charge in [0.05, 0.1) is 5.39 Å². The van der Waals surface area contributed by atoms with Crippen molar-refractivity contribution in [2.75, 3.05) is 5.32 Å². The van der Waals surface area contributed by atoms with E-state index in [9.17, 15) is 14.7 Å². The Bertz CT molecular complexity index is 916. The summed E-state index contributed by atoms with van der Waals surface area (Å²) in [4.78, 5) is 24.2. The van der Waals surface area contributed by atoms with E-state index in [4.69, 9.17) is 16.0 Å². The van der Waals surface area contributed by atoms with Gasteiger partial charge in [0.1, 0.15) is 11.3 Å². The molecular formula is C16H10ClNO4. The van der Waals surface area contributed by atoms with E-state index in [1.165, 1.54) is 6.07 Å². The molecule has 110 valence electrons. The number of carbonyl (C=O) groups is 1. The zero-order valence-corrected chi connectivity index (χ0v) is 11.9. The molecule has 0 unspecified atom stereocenters. The number of nitrogens with one attached hydrogen (secondary N) is 1. The lowest BCUT2D eigenvalue weighted by atomic mass is 10.1. The van der Waals surface area contributed by atoms with E-state index in [-0.39, 0.29) is 5.58 Å². The first-order valence-corrected chi connectivity index (χ1v) is 6.76. The number of aromatic hydroxyl groups is 1. The van der Waals surface area contributed by atoms with Crippen molar-refractivity contribution in [3.05, 3.63) is 69.5 Å². The Morgan fingerprint density at radius 3 is 2.50 bits per heavy atom. The van der Waals surface area contributed by atoms with E-state index in [0.29, 0.717) is 16.1 Å². The number of anilines is 1. The van der Waals surface area contributed by atoms with Crippen molar-refractivity contribution in [3.63, 3.8) is 0 Å². The van der Waals surface area contributed by atoms with Crippen LogP contribution in [0.5, 0.6) is 5.75 Å². The number of hydrogen-bond donors (Lipinski definition) is 2. The largest absolute Gasteiger partial charge is 0.506 e. The second-order valence-corrected chi connectivity index (χ2v) is 5.01. The van der Waals surface area contributed by atoms with Crippen molar-refractivity contribution in [2.24, 2.45) is 0 Å². The van der Waals surface area contributed by atoms with Gasteiger partial charge >= 0.3 is 5.63 Å². The fourth-order valence-electron chi connectivity index (χ4n) is 2.06. The molecule has 6 heteroatoms. The number of halogens is 1. The standard InChI is InChI=1S/C16H10ClNO4/c17-9-5-7-10(8-6-9)18-15(20)13-14(19)11-3-1-2-4-12(11)22-16(13)21/h1-8,19H,(H,18,20).